The lowest BCUT2D eigenvalue weighted by Crippen LogP contribution is -2.23. The molecule has 0 unspecified atom stereocenters. The number of esters is 1. The van der Waals surface area contributed by atoms with Crippen molar-refractivity contribution in [1.82, 2.24) is 5.32 Å². The summed E-state index contributed by atoms with van der Waals surface area (Å²) >= 11 is 7.08. The number of ether oxygens (including phenoxy) is 1. The SMILES string of the molecule is CCCNC(=O)c1sc(NC(=O)c2ccccc2Cl)c(C(=O)OC)c1C. The number of methoxy groups -OCH3 is 1. The van der Waals surface area contributed by atoms with E-state index in [2.05, 4.69) is 10.6 Å². The number of carbonyl (C=O) groups is 3. The Bertz CT molecular complexity index is 848. The standard InChI is InChI=1S/C18H19ClN2O4S/c1-4-9-20-16(23)14-10(2)13(18(24)25-3)17(26-14)21-15(22)11-7-5-6-8-12(11)19/h5-8H,4,9H2,1-3H3,(H,20,23)(H,21,22). The Kier molecular flexibility index (Phi) is 6.76. The molecule has 0 spiro atoms. The number of hydrogen-bond acceptors (Lipinski definition) is 5. The number of halogens is 1. The minimum atomic E-state index is -0.622. The summed E-state index contributed by atoms with van der Waals surface area (Å²) < 4.78 is 4.80. The number of nitrogens with one attached hydrogen (secondary N) is 2. The Labute approximate surface area is 160 Å². The first kappa shape index (κ1) is 19.9. The summed E-state index contributed by atoms with van der Waals surface area (Å²) in [5, 5.41) is 5.98. The quantitative estimate of drug-likeness (QED) is 0.728. The van der Waals surface area contributed by atoms with E-state index < -0.39 is 11.9 Å². The maximum absolute atomic E-state index is 12.5. The van der Waals surface area contributed by atoms with Gasteiger partial charge in [0.2, 0.25) is 0 Å². The van der Waals surface area contributed by atoms with Crippen LogP contribution in [0.25, 0.3) is 0 Å². The molecule has 2 rings (SSSR count). The van der Waals surface area contributed by atoms with E-state index in [-0.39, 0.29) is 22.0 Å². The Morgan fingerprint density at radius 1 is 1.19 bits per heavy atom. The van der Waals surface area contributed by atoms with Crippen LogP contribution in [0.1, 0.15) is 49.3 Å². The fourth-order valence-electron chi connectivity index (χ4n) is 2.30. The summed E-state index contributed by atoms with van der Waals surface area (Å²) in [6.07, 6.45) is 0.788. The molecule has 138 valence electrons. The molecular weight excluding hydrogens is 376 g/mol. The van der Waals surface area contributed by atoms with Gasteiger partial charge in [-0.1, -0.05) is 30.7 Å². The summed E-state index contributed by atoms with van der Waals surface area (Å²) in [4.78, 5) is 37.4. The molecule has 0 saturated carbocycles. The highest BCUT2D eigenvalue weighted by atomic mass is 35.5. The maximum atomic E-state index is 12.5. The molecule has 2 amide bonds. The van der Waals surface area contributed by atoms with Crippen LogP contribution in [-0.2, 0) is 4.74 Å². The van der Waals surface area contributed by atoms with Crippen molar-refractivity contribution in [2.24, 2.45) is 0 Å². The van der Waals surface area contributed by atoms with Crippen LogP contribution in [0.2, 0.25) is 5.02 Å². The first-order valence-electron chi connectivity index (χ1n) is 7.96. The minimum absolute atomic E-state index is 0.166. The molecule has 2 N–H and O–H groups in total. The molecule has 0 fully saturated rings. The van der Waals surface area contributed by atoms with E-state index in [0.717, 1.165) is 17.8 Å². The molecule has 0 saturated heterocycles. The predicted molar refractivity (Wildman–Crippen MR) is 102 cm³/mol. The van der Waals surface area contributed by atoms with Crippen LogP contribution in [0.4, 0.5) is 5.00 Å². The monoisotopic (exact) mass is 394 g/mol. The van der Waals surface area contributed by atoms with Crippen LogP contribution in [0.15, 0.2) is 24.3 Å². The van der Waals surface area contributed by atoms with Gasteiger partial charge in [0.25, 0.3) is 11.8 Å². The van der Waals surface area contributed by atoms with E-state index in [0.29, 0.717) is 22.0 Å². The van der Waals surface area contributed by atoms with E-state index in [1.807, 2.05) is 6.92 Å². The molecule has 0 radical (unpaired) electrons. The second kappa shape index (κ2) is 8.82. The van der Waals surface area contributed by atoms with Gasteiger partial charge in [-0.3, -0.25) is 9.59 Å². The molecule has 1 heterocycles. The second-order valence-electron chi connectivity index (χ2n) is 5.44. The maximum Gasteiger partial charge on any atom is 0.341 e. The highest BCUT2D eigenvalue weighted by Gasteiger charge is 2.26. The van der Waals surface area contributed by atoms with Crippen molar-refractivity contribution in [2.45, 2.75) is 20.3 Å². The van der Waals surface area contributed by atoms with Gasteiger partial charge < -0.3 is 15.4 Å². The minimum Gasteiger partial charge on any atom is -0.465 e. The molecule has 0 aliphatic rings. The Morgan fingerprint density at radius 2 is 1.88 bits per heavy atom. The van der Waals surface area contributed by atoms with Crippen LogP contribution in [0, 0.1) is 6.92 Å². The molecular formula is C18H19ClN2O4S. The normalized spacial score (nSPS) is 10.3. The Balaban J connectivity index is 2.40. The molecule has 26 heavy (non-hydrogen) atoms. The number of anilines is 1. The highest BCUT2D eigenvalue weighted by molar-refractivity contribution is 7.18. The molecule has 0 atom stereocenters. The summed E-state index contributed by atoms with van der Waals surface area (Å²) in [5.41, 5.74) is 0.900. The first-order valence-corrected chi connectivity index (χ1v) is 9.15. The number of carbonyl (C=O) groups excluding carboxylic acids is 3. The van der Waals surface area contributed by atoms with Crippen molar-refractivity contribution in [3.8, 4) is 0 Å². The Morgan fingerprint density at radius 3 is 2.50 bits per heavy atom. The van der Waals surface area contributed by atoms with Crippen LogP contribution in [0.3, 0.4) is 0 Å². The summed E-state index contributed by atoms with van der Waals surface area (Å²) in [5.74, 6) is -1.39. The van der Waals surface area contributed by atoms with E-state index in [4.69, 9.17) is 16.3 Å². The fraction of sp³-hybridized carbons (Fsp3) is 0.278. The van der Waals surface area contributed by atoms with Gasteiger partial charge in [0, 0.05) is 6.54 Å². The van der Waals surface area contributed by atoms with Crippen LogP contribution >= 0.6 is 22.9 Å². The van der Waals surface area contributed by atoms with E-state index in [9.17, 15) is 14.4 Å². The Hall–Kier alpha value is -2.38. The first-order chi connectivity index (χ1) is 12.4. The van der Waals surface area contributed by atoms with E-state index in [1.54, 1.807) is 31.2 Å². The van der Waals surface area contributed by atoms with Crippen molar-refractivity contribution in [3.63, 3.8) is 0 Å². The molecule has 1 aromatic heterocycles. The van der Waals surface area contributed by atoms with Gasteiger partial charge in [-0.2, -0.15) is 0 Å². The van der Waals surface area contributed by atoms with E-state index >= 15 is 0 Å². The zero-order valence-corrected chi connectivity index (χ0v) is 16.2. The number of rotatable bonds is 6. The highest BCUT2D eigenvalue weighted by Crippen LogP contribution is 2.34. The topological polar surface area (TPSA) is 84.5 Å². The van der Waals surface area contributed by atoms with Crippen molar-refractivity contribution in [1.29, 1.82) is 0 Å². The second-order valence-corrected chi connectivity index (χ2v) is 6.87. The lowest BCUT2D eigenvalue weighted by atomic mass is 10.1. The van der Waals surface area contributed by atoms with Gasteiger partial charge in [0.15, 0.2) is 0 Å². The number of thiophene rings is 1. The largest absolute Gasteiger partial charge is 0.465 e. The molecule has 0 aliphatic heterocycles. The number of amides is 2. The van der Waals surface area contributed by atoms with Crippen molar-refractivity contribution < 1.29 is 19.1 Å². The third kappa shape index (κ3) is 4.23. The third-order valence-electron chi connectivity index (χ3n) is 3.62. The van der Waals surface area contributed by atoms with Gasteiger partial charge >= 0.3 is 5.97 Å². The molecule has 6 nitrogen and oxygen atoms in total. The van der Waals surface area contributed by atoms with E-state index in [1.165, 1.54) is 7.11 Å². The average molecular weight is 395 g/mol. The van der Waals surface area contributed by atoms with Gasteiger partial charge in [-0.25, -0.2) is 4.79 Å². The van der Waals surface area contributed by atoms with Crippen LogP contribution < -0.4 is 10.6 Å². The summed E-state index contributed by atoms with van der Waals surface area (Å²) in [7, 11) is 1.25. The van der Waals surface area contributed by atoms with Gasteiger partial charge in [-0.05, 0) is 31.0 Å². The van der Waals surface area contributed by atoms with Crippen molar-refractivity contribution in [3.05, 3.63) is 50.9 Å². The van der Waals surface area contributed by atoms with Crippen LogP contribution in [-0.4, -0.2) is 31.4 Å². The number of benzene rings is 1. The van der Waals surface area contributed by atoms with Gasteiger partial charge in [0.1, 0.15) is 5.00 Å². The number of hydrogen-bond donors (Lipinski definition) is 2. The molecule has 8 heteroatoms. The predicted octanol–water partition coefficient (Wildman–Crippen LogP) is 3.89. The average Bonchev–Trinajstić information content (AvgIpc) is 2.95. The lowest BCUT2D eigenvalue weighted by Gasteiger charge is -2.07. The van der Waals surface area contributed by atoms with Gasteiger partial charge in [-0.15, -0.1) is 11.3 Å². The third-order valence-corrected chi connectivity index (χ3v) is 5.16. The summed E-state index contributed by atoms with van der Waals surface area (Å²) in [6.45, 7) is 4.11. The van der Waals surface area contributed by atoms with Crippen molar-refractivity contribution >= 4 is 45.7 Å². The molecule has 1 aromatic carbocycles. The van der Waals surface area contributed by atoms with Gasteiger partial charge in [0.05, 0.1) is 28.1 Å². The zero-order chi connectivity index (χ0) is 19.3. The molecule has 0 aliphatic carbocycles. The lowest BCUT2D eigenvalue weighted by molar-refractivity contribution is 0.0601. The zero-order valence-electron chi connectivity index (χ0n) is 14.6. The van der Waals surface area contributed by atoms with Crippen molar-refractivity contribution in [2.75, 3.05) is 19.0 Å². The smallest absolute Gasteiger partial charge is 0.341 e. The summed E-state index contributed by atoms with van der Waals surface area (Å²) in [6, 6.07) is 6.57. The molecule has 2 aromatic rings. The molecule has 0 bridgehead atoms. The fourth-order valence-corrected chi connectivity index (χ4v) is 3.63. The van der Waals surface area contributed by atoms with Crippen LogP contribution in [0.5, 0.6) is 0 Å².